The Morgan fingerprint density at radius 2 is 2.26 bits per heavy atom. The van der Waals surface area contributed by atoms with E-state index < -0.39 is 0 Å². The van der Waals surface area contributed by atoms with E-state index >= 15 is 0 Å². The van der Waals surface area contributed by atoms with E-state index in [1.165, 1.54) is 11.1 Å². The molecule has 1 aliphatic heterocycles. The number of fused-ring (bicyclic) bond motifs is 1. The topological polar surface area (TPSA) is 52.0 Å². The molecular formula is C14H20N4O. The maximum Gasteiger partial charge on any atom is 0.158 e. The van der Waals surface area contributed by atoms with Crippen molar-refractivity contribution < 1.29 is 4.74 Å². The highest BCUT2D eigenvalue weighted by molar-refractivity contribution is 5.95. The van der Waals surface area contributed by atoms with Crippen LogP contribution in [0.4, 0.5) is 5.82 Å². The Labute approximate surface area is 113 Å². The number of hydrogen-bond acceptors (Lipinski definition) is 4. The second-order valence-corrected chi connectivity index (χ2v) is 5.26. The molecule has 0 spiro atoms. The smallest absolute Gasteiger partial charge is 0.158 e. The van der Waals surface area contributed by atoms with Crippen LogP contribution in [-0.2, 0) is 11.8 Å². The van der Waals surface area contributed by atoms with Crippen LogP contribution < -0.4 is 5.32 Å². The molecule has 1 atom stereocenters. The lowest BCUT2D eigenvalue weighted by molar-refractivity contribution is 0.120. The number of nitrogens with zero attached hydrogens (tertiary/aromatic N) is 3. The molecule has 1 saturated heterocycles. The average Bonchev–Trinajstić information content (AvgIpc) is 2.99. The zero-order valence-corrected chi connectivity index (χ0v) is 11.7. The van der Waals surface area contributed by atoms with Gasteiger partial charge in [-0.1, -0.05) is 0 Å². The number of rotatable bonds is 3. The van der Waals surface area contributed by atoms with E-state index in [0.29, 0.717) is 6.10 Å². The summed E-state index contributed by atoms with van der Waals surface area (Å²) >= 11 is 0. The van der Waals surface area contributed by atoms with Gasteiger partial charge in [0.1, 0.15) is 0 Å². The van der Waals surface area contributed by atoms with Gasteiger partial charge in [0.2, 0.25) is 0 Å². The Balaban J connectivity index is 1.90. The summed E-state index contributed by atoms with van der Waals surface area (Å²) in [5.41, 5.74) is 2.21. The van der Waals surface area contributed by atoms with Crippen molar-refractivity contribution in [1.82, 2.24) is 14.8 Å². The van der Waals surface area contributed by atoms with E-state index in [-0.39, 0.29) is 0 Å². The van der Waals surface area contributed by atoms with Crippen LogP contribution in [0.25, 0.3) is 10.8 Å². The van der Waals surface area contributed by atoms with E-state index in [9.17, 15) is 0 Å². The Kier molecular flexibility index (Phi) is 3.14. The molecule has 1 N–H and O–H groups in total. The molecule has 102 valence electrons. The molecule has 0 saturated carbocycles. The molecule has 1 fully saturated rings. The Morgan fingerprint density at radius 3 is 3.00 bits per heavy atom. The molecule has 1 unspecified atom stereocenters. The molecule has 0 amide bonds. The molecule has 0 bridgehead atoms. The second kappa shape index (κ2) is 4.81. The molecule has 0 aromatic carbocycles. The van der Waals surface area contributed by atoms with Gasteiger partial charge >= 0.3 is 0 Å². The second-order valence-electron chi connectivity index (χ2n) is 5.26. The zero-order chi connectivity index (χ0) is 13.4. The summed E-state index contributed by atoms with van der Waals surface area (Å²) in [7, 11) is 2.05. The monoisotopic (exact) mass is 260 g/mol. The number of hydrogen-bond donors (Lipinski definition) is 1. The van der Waals surface area contributed by atoms with Crippen molar-refractivity contribution in [2.75, 3.05) is 18.5 Å². The summed E-state index contributed by atoms with van der Waals surface area (Å²) in [6, 6.07) is 0. The van der Waals surface area contributed by atoms with Gasteiger partial charge in [0.25, 0.3) is 0 Å². The summed E-state index contributed by atoms with van der Waals surface area (Å²) in [6.07, 6.45) is 4.71. The van der Waals surface area contributed by atoms with Gasteiger partial charge in [-0.2, -0.15) is 5.10 Å². The molecular weight excluding hydrogens is 240 g/mol. The van der Waals surface area contributed by atoms with Crippen LogP contribution >= 0.6 is 0 Å². The summed E-state index contributed by atoms with van der Waals surface area (Å²) in [6.45, 7) is 5.81. The molecule has 2 aromatic heterocycles. The van der Waals surface area contributed by atoms with Gasteiger partial charge in [0, 0.05) is 42.9 Å². The van der Waals surface area contributed by atoms with Crippen LogP contribution in [0.15, 0.2) is 6.20 Å². The highest BCUT2D eigenvalue weighted by Crippen LogP contribution is 2.27. The number of anilines is 1. The fourth-order valence-corrected chi connectivity index (χ4v) is 2.74. The van der Waals surface area contributed by atoms with Gasteiger partial charge in [-0.05, 0) is 26.7 Å². The average molecular weight is 260 g/mol. The van der Waals surface area contributed by atoms with Crippen LogP contribution in [0.3, 0.4) is 0 Å². The van der Waals surface area contributed by atoms with Crippen molar-refractivity contribution in [3.05, 3.63) is 17.6 Å². The first-order valence-electron chi connectivity index (χ1n) is 6.81. The van der Waals surface area contributed by atoms with Gasteiger partial charge in [-0.25, -0.2) is 0 Å². The summed E-state index contributed by atoms with van der Waals surface area (Å²) < 4.78 is 7.75. The van der Waals surface area contributed by atoms with E-state index in [2.05, 4.69) is 40.2 Å². The van der Waals surface area contributed by atoms with Crippen molar-refractivity contribution >= 4 is 16.6 Å². The lowest BCUT2D eigenvalue weighted by Gasteiger charge is -2.11. The van der Waals surface area contributed by atoms with E-state index in [1.54, 1.807) is 0 Å². The lowest BCUT2D eigenvalue weighted by atomic mass is 10.2. The predicted molar refractivity (Wildman–Crippen MR) is 75.4 cm³/mol. The number of aryl methyl sites for hydroxylation is 3. The third-order valence-corrected chi connectivity index (χ3v) is 3.92. The largest absolute Gasteiger partial charge is 0.376 e. The molecule has 3 rings (SSSR count). The lowest BCUT2D eigenvalue weighted by Crippen LogP contribution is -2.19. The normalized spacial score (nSPS) is 19.2. The maximum absolute atomic E-state index is 5.62. The Hall–Kier alpha value is -1.62. The molecule has 2 aromatic rings. The Morgan fingerprint density at radius 1 is 1.42 bits per heavy atom. The van der Waals surface area contributed by atoms with Crippen molar-refractivity contribution in [2.24, 2.45) is 7.05 Å². The molecule has 0 aliphatic carbocycles. The molecule has 19 heavy (non-hydrogen) atoms. The minimum atomic E-state index is 0.308. The fraction of sp³-hybridized carbons (Fsp3) is 0.571. The first-order valence-corrected chi connectivity index (χ1v) is 6.81. The molecule has 5 nitrogen and oxygen atoms in total. The zero-order valence-electron chi connectivity index (χ0n) is 11.7. The SMILES string of the molecule is Cc1nnc(NCC2CCCO2)c2cn(C)c(C)c12. The summed E-state index contributed by atoms with van der Waals surface area (Å²) in [4.78, 5) is 0. The predicted octanol–water partition coefficient (Wildman–Crippen LogP) is 2.18. The van der Waals surface area contributed by atoms with Crippen molar-refractivity contribution in [3.63, 3.8) is 0 Å². The van der Waals surface area contributed by atoms with Gasteiger partial charge in [0.15, 0.2) is 5.82 Å². The van der Waals surface area contributed by atoms with E-state index in [1.807, 2.05) is 6.92 Å². The van der Waals surface area contributed by atoms with Gasteiger partial charge in [-0.3, -0.25) is 0 Å². The van der Waals surface area contributed by atoms with Crippen LogP contribution in [0.5, 0.6) is 0 Å². The van der Waals surface area contributed by atoms with Crippen molar-refractivity contribution in [3.8, 4) is 0 Å². The first kappa shape index (κ1) is 12.4. The molecule has 5 heteroatoms. The Bertz CT molecular complexity index is 599. The third-order valence-electron chi connectivity index (χ3n) is 3.92. The van der Waals surface area contributed by atoms with Crippen LogP contribution in [-0.4, -0.2) is 34.0 Å². The molecule has 3 heterocycles. The van der Waals surface area contributed by atoms with E-state index in [0.717, 1.165) is 42.9 Å². The minimum Gasteiger partial charge on any atom is -0.376 e. The minimum absolute atomic E-state index is 0.308. The maximum atomic E-state index is 5.62. The fourth-order valence-electron chi connectivity index (χ4n) is 2.74. The highest BCUT2D eigenvalue weighted by atomic mass is 16.5. The van der Waals surface area contributed by atoms with Crippen LogP contribution in [0.2, 0.25) is 0 Å². The molecule has 1 aliphatic rings. The first-order chi connectivity index (χ1) is 9.16. The van der Waals surface area contributed by atoms with Gasteiger partial charge in [0.05, 0.1) is 11.8 Å². The highest BCUT2D eigenvalue weighted by Gasteiger charge is 2.17. The standard InChI is InChI=1S/C14H20N4O/c1-9-13-10(2)18(3)8-12(13)14(17-16-9)15-7-11-5-4-6-19-11/h8,11H,4-7H2,1-3H3,(H,15,17). The summed E-state index contributed by atoms with van der Waals surface area (Å²) in [5, 5.41) is 14.3. The summed E-state index contributed by atoms with van der Waals surface area (Å²) in [5.74, 6) is 0.861. The third kappa shape index (κ3) is 2.18. The van der Waals surface area contributed by atoms with Crippen LogP contribution in [0, 0.1) is 13.8 Å². The van der Waals surface area contributed by atoms with Gasteiger partial charge < -0.3 is 14.6 Å². The van der Waals surface area contributed by atoms with Crippen molar-refractivity contribution in [2.45, 2.75) is 32.8 Å². The number of aromatic nitrogens is 3. The van der Waals surface area contributed by atoms with Crippen LogP contribution in [0.1, 0.15) is 24.2 Å². The van der Waals surface area contributed by atoms with Crippen molar-refractivity contribution in [1.29, 1.82) is 0 Å². The van der Waals surface area contributed by atoms with E-state index in [4.69, 9.17) is 4.74 Å². The molecule has 0 radical (unpaired) electrons. The van der Waals surface area contributed by atoms with Gasteiger partial charge in [-0.15, -0.1) is 5.10 Å². The number of nitrogens with one attached hydrogen (secondary N) is 1. The number of ether oxygens (including phenoxy) is 1. The quantitative estimate of drug-likeness (QED) is 0.919.